The molecule has 0 bridgehead atoms. The zero-order chi connectivity index (χ0) is 15.0. The molecule has 1 atom stereocenters. The van der Waals surface area contributed by atoms with Crippen LogP contribution in [0.25, 0.3) is 0 Å². The van der Waals surface area contributed by atoms with Crippen molar-refractivity contribution in [1.29, 1.82) is 0 Å². The van der Waals surface area contributed by atoms with Crippen LogP contribution in [-0.2, 0) is 6.42 Å². The summed E-state index contributed by atoms with van der Waals surface area (Å²) in [4.78, 5) is 13.0. The summed E-state index contributed by atoms with van der Waals surface area (Å²) in [6, 6.07) is 12.6. The minimum Gasteiger partial charge on any atom is -0.478 e. The van der Waals surface area contributed by atoms with E-state index in [0.717, 1.165) is 18.5 Å². The zero-order valence-corrected chi connectivity index (χ0v) is 11.7. The number of fused-ring (bicyclic) bond motifs is 1. The van der Waals surface area contributed by atoms with Crippen LogP contribution in [0.1, 0.15) is 29.3 Å². The summed E-state index contributed by atoms with van der Waals surface area (Å²) in [5.41, 5.74) is 2.70. The van der Waals surface area contributed by atoms with Crippen LogP contribution >= 0.6 is 0 Å². The van der Waals surface area contributed by atoms with Crippen LogP contribution in [0.2, 0.25) is 0 Å². The average molecular weight is 285 g/mol. The molecule has 3 nitrogen and oxygen atoms in total. The van der Waals surface area contributed by atoms with E-state index in [1.165, 1.54) is 17.7 Å². The third-order valence-corrected chi connectivity index (χ3v) is 3.98. The van der Waals surface area contributed by atoms with Crippen LogP contribution in [0.15, 0.2) is 42.5 Å². The number of carbonyl (C=O) groups is 1. The van der Waals surface area contributed by atoms with E-state index >= 15 is 0 Å². The van der Waals surface area contributed by atoms with Crippen LogP contribution in [0.4, 0.5) is 15.8 Å². The maximum absolute atomic E-state index is 14.0. The van der Waals surface area contributed by atoms with Crippen LogP contribution in [0.5, 0.6) is 0 Å². The molecule has 21 heavy (non-hydrogen) atoms. The van der Waals surface area contributed by atoms with Gasteiger partial charge in [0, 0.05) is 17.4 Å². The Morgan fingerprint density at radius 1 is 1.29 bits per heavy atom. The van der Waals surface area contributed by atoms with E-state index < -0.39 is 11.8 Å². The predicted molar refractivity (Wildman–Crippen MR) is 79.7 cm³/mol. The van der Waals surface area contributed by atoms with Crippen molar-refractivity contribution in [3.05, 3.63) is 59.4 Å². The van der Waals surface area contributed by atoms with Crippen molar-refractivity contribution in [3.8, 4) is 0 Å². The van der Waals surface area contributed by atoms with Gasteiger partial charge in [-0.1, -0.05) is 18.2 Å². The van der Waals surface area contributed by atoms with E-state index in [1.807, 2.05) is 18.2 Å². The lowest BCUT2D eigenvalue weighted by molar-refractivity contribution is 0.0692. The molecular formula is C17H16FNO2. The molecule has 0 amide bonds. The highest BCUT2D eigenvalue weighted by Crippen LogP contribution is 2.37. The Labute approximate surface area is 122 Å². The van der Waals surface area contributed by atoms with Gasteiger partial charge in [0.15, 0.2) is 0 Å². The quantitative estimate of drug-likeness (QED) is 0.906. The van der Waals surface area contributed by atoms with Crippen molar-refractivity contribution in [2.24, 2.45) is 0 Å². The maximum Gasteiger partial charge on any atom is 0.338 e. The molecule has 4 heteroatoms. The molecule has 1 aliphatic heterocycles. The van der Waals surface area contributed by atoms with Crippen molar-refractivity contribution < 1.29 is 14.3 Å². The fourth-order valence-electron chi connectivity index (χ4n) is 2.91. The molecule has 2 aromatic carbocycles. The summed E-state index contributed by atoms with van der Waals surface area (Å²) in [5, 5.41) is 8.92. The second-order valence-corrected chi connectivity index (χ2v) is 5.36. The number of anilines is 2. The first-order chi connectivity index (χ1) is 10.1. The van der Waals surface area contributed by atoms with Gasteiger partial charge in [-0.25, -0.2) is 9.18 Å². The van der Waals surface area contributed by atoms with Crippen molar-refractivity contribution in [1.82, 2.24) is 0 Å². The topological polar surface area (TPSA) is 40.5 Å². The molecule has 1 aliphatic rings. The van der Waals surface area contributed by atoms with Gasteiger partial charge in [0.25, 0.3) is 0 Å². The van der Waals surface area contributed by atoms with Gasteiger partial charge in [0.2, 0.25) is 0 Å². The molecule has 0 fully saturated rings. The summed E-state index contributed by atoms with van der Waals surface area (Å²) < 4.78 is 14.0. The number of aromatic carboxylic acids is 1. The van der Waals surface area contributed by atoms with Crippen LogP contribution in [-0.4, -0.2) is 17.1 Å². The Morgan fingerprint density at radius 2 is 2.05 bits per heavy atom. The number of para-hydroxylation sites is 1. The molecule has 2 aromatic rings. The molecule has 0 saturated heterocycles. The molecule has 108 valence electrons. The molecule has 1 unspecified atom stereocenters. The SMILES string of the molecule is CC1CCc2ccccc2N1c1ccc(C(=O)O)c(F)c1. The zero-order valence-electron chi connectivity index (χ0n) is 11.7. The maximum atomic E-state index is 14.0. The van der Waals surface area contributed by atoms with E-state index in [-0.39, 0.29) is 11.6 Å². The normalized spacial score (nSPS) is 17.4. The Hall–Kier alpha value is -2.36. The first kappa shape index (κ1) is 13.6. The van der Waals surface area contributed by atoms with E-state index in [0.29, 0.717) is 5.69 Å². The van der Waals surface area contributed by atoms with Crippen LogP contribution < -0.4 is 4.90 Å². The number of carboxylic acids is 1. The Morgan fingerprint density at radius 3 is 2.76 bits per heavy atom. The summed E-state index contributed by atoms with van der Waals surface area (Å²) in [7, 11) is 0. The van der Waals surface area contributed by atoms with Crippen LogP contribution in [0, 0.1) is 5.82 Å². The largest absolute Gasteiger partial charge is 0.478 e. The summed E-state index contributed by atoms with van der Waals surface area (Å²) >= 11 is 0. The second-order valence-electron chi connectivity index (χ2n) is 5.36. The van der Waals surface area contributed by atoms with Crippen molar-refractivity contribution >= 4 is 17.3 Å². The molecule has 0 radical (unpaired) electrons. The molecule has 0 spiro atoms. The molecular weight excluding hydrogens is 269 g/mol. The number of nitrogens with zero attached hydrogens (tertiary/aromatic N) is 1. The van der Waals surface area contributed by atoms with Gasteiger partial charge in [-0.3, -0.25) is 0 Å². The molecule has 0 saturated carbocycles. The fraction of sp³-hybridized carbons (Fsp3) is 0.235. The Balaban J connectivity index is 2.07. The molecule has 1 N–H and O–H groups in total. The summed E-state index contributed by atoms with van der Waals surface area (Å²) in [6.45, 7) is 2.10. The lowest BCUT2D eigenvalue weighted by Crippen LogP contribution is -2.33. The number of rotatable bonds is 2. The number of benzene rings is 2. The number of carboxylic acid groups (broad SMARTS) is 1. The van der Waals surface area contributed by atoms with E-state index in [4.69, 9.17) is 5.11 Å². The monoisotopic (exact) mass is 285 g/mol. The van der Waals surface area contributed by atoms with Gasteiger partial charge in [0.1, 0.15) is 5.82 Å². The second kappa shape index (κ2) is 5.20. The molecule has 1 heterocycles. The number of hydrogen-bond acceptors (Lipinski definition) is 2. The van der Waals surface area contributed by atoms with Gasteiger partial charge in [-0.2, -0.15) is 0 Å². The van der Waals surface area contributed by atoms with Gasteiger partial charge >= 0.3 is 5.97 Å². The van der Waals surface area contributed by atoms with E-state index in [1.54, 1.807) is 6.07 Å². The fourth-order valence-corrected chi connectivity index (χ4v) is 2.91. The number of halogens is 1. The minimum absolute atomic E-state index is 0.245. The van der Waals surface area contributed by atoms with Crippen molar-refractivity contribution in [2.75, 3.05) is 4.90 Å². The predicted octanol–water partition coefficient (Wildman–Crippen LogP) is 4.00. The first-order valence-electron chi connectivity index (χ1n) is 6.98. The van der Waals surface area contributed by atoms with Gasteiger partial charge in [-0.15, -0.1) is 0 Å². The number of hydrogen-bond donors (Lipinski definition) is 1. The lowest BCUT2D eigenvalue weighted by atomic mass is 9.96. The van der Waals surface area contributed by atoms with Gasteiger partial charge < -0.3 is 10.0 Å². The third-order valence-electron chi connectivity index (χ3n) is 3.98. The van der Waals surface area contributed by atoms with E-state index in [2.05, 4.69) is 17.9 Å². The van der Waals surface area contributed by atoms with E-state index in [9.17, 15) is 9.18 Å². The Bertz CT molecular complexity index is 699. The molecule has 3 rings (SSSR count). The van der Waals surface area contributed by atoms with Gasteiger partial charge in [0.05, 0.1) is 5.56 Å². The average Bonchev–Trinajstić information content (AvgIpc) is 2.46. The highest BCUT2D eigenvalue weighted by atomic mass is 19.1. The molecule has 0 aliphatic carbocycles. The van der Waals surface area contributed by atoms with Crippen LogP contribution in [0.3, 0.4) is 0 Å². The molecule has 0 aromatic heterocycles. The highest BCUT2D eigenvalue weighted by Gasteiger charge is 2.25. The standard InChI is InChI=1S/C17H16FNO2/c1-11-6-7-12-4-2-3-5-16(12)19(11)13-8-9-14(17(20)21)15(18)10-13/h2-5,8-11H,6-7H2,1H3,(H,20,21). The third kappa shape index (κ3) is 2.37. The minimum atomic E-state index is -1.24. The number of aryl methyl sites for hydroxylation is 1. The van der Waals surface area contributed by atoms with Crippen molar-refractivity contribution in [2.45, 2.75) is 25.8 Å². The summed E-state index contributed by atoms with van der Waals surface area (Å²) in [5.74, 6) is -1.94. The smallest absolute Gasteiger partial charge is 0.338 e. The summed E-state index contributed by atoms with van der Waals surface area (Å²) in [6.07, 6.45) is 1.99. The van der Waals surface area contributed by atoms with Gasteiger partial charge in [-0.05, 0) is 49.6 Å². The van der Waals surface area contributed by atoms with Crippen molar-refractivity contribution in [3.63, 3.8) is 0 Å². The highest BCUT2D eigenvalue weighted by molar-refractivity contribution is 5.88. The Kier molecular flexibility index (Phi) is 3.37. The first-order valence-corrected chi connectivity index (χ1v) is 6.98. The lowest BCUT2D eigenvalue weighted by Gasteiger charge is -2.37.